The van der Waals surface area contributed by atoms with Crippen molar-refractivity contribution in [2.75, 3.05) is 15.5 Å². The van der Waals surface area contributed by atoms with Gasteiger partial charge in [-0.05, 0) is 72.8 Å². The molecule has 43 heavy (non-hydrogen) atoms. The summed E-state index contributed by atoms with van der Waals surface area (Å²) < 4.78 is 12.2. The van der Waals surface area contributed by atoms with Crippen molar-refractivity contribution in [2.45, 2.75) is 0 Å². The largest absolute Gasteiger partial charge is 0.453 e. The van der Waals surface area contributed by atoms with E-state index in [1.807, 2.05) is 149 Å². The molecule has 3 aliphatic rings. The molecule has 4 N–H and O–H groups in total. The summed E-state index contributed by atoms with van der Waals surface area (Å²) in [6.45, 7) is 0. The lowest BCUT2D eigenvalue weighted by Gasteiger charge is -2.38. The first-order chi connectivity index (χ1) is 21.1. The van der Waals surface area contributed by atoms with Crippen LogP contribution in [0, 0.1) is 10.8 Å². The number of nitrogen functional groups attached to an aromatic ring is 1. The summed E-state index contributed by atoms with van der Waals surface area (Å²) in [4.78, 5) is 4.00. The Morgan fingerprint density at radius 3 is 1.02 bits per heavy atom. The Labute approximate surface area is 249 Å². The second-order valence-corrected chi connectivity index (χ2v) is 10.0. The number of nitrogens with one attached hydrogen (secondary N) is 2. The van der Waals surface area contributed by atoms with Crippen LogP contribution in [-0.4, -0.2) is 11.4 Å². The third kappa shape index (κ3) is 4.59. The van der Waals surface area contributed by atoms with E-state index >= 15 is 0 Å². The van der Waals surface area contributed by atoms with Crippen molar-refractivity contribution in [3.05, 3.63) is 151 Å². The zero-order chi connectivity index (χ0) is 29.3. The van der Waals surface area contributed by atoms with Gasteiger partial charge in [-0.2, -0.15) is 0 Å². The minimum Gasteiger partial charge on any atom is -0.453 e. The van der Waals surface area contributed by atoms with E-state index in [0.29, 0.717) is 34.4 Å². The molecule has 1 aliphatic carbocycles. The van der Waals surface area contributed by atoms with Crippen molar-refractivity contribution < 1.29 is 9.47 Å². The van der Waals surface area contributed by atoms with Crippen LogP contribution < -0.4 is 25.0 Å². The number of rotatable bonds is 2. The summed E-state index contributed by atoms with van der Waals surface area (Å²) in [6.07, 6.45) is 3.82. The molecule has 0 saturated heterocycles. The average molecular weight is 562 g/mol. The van der Waals surface area contributed by atoms with E-state index < -0.39 is 0 Å². The first-order valence-corrected chi connectivity index (χ1v) is 13.8. The van der Waals surface area contributed by atoms with Crippen molar-refractivity contribution in [3.8, 4) is 23.0 Å². The lowest BCUT2D eigenvalue weighted by molar-refractivity contribution is 0.476. The van der Waals surface area contributed by atoms with Crippen molar-refractivity contribution in [1.29, 1.82) is 10.8 Å². The third-order valence-electron chi connectivity index (χ3n) is 7.31. The van der Waals surface area contributed by atoms with Gasteiger partial charge in [-0.3, -0.25) is 10.8 Å². The van der Waals surface area contributed by atoms with Crippen LogP contribution in [0.3, 0.4) is 0 Å². The minimum atomic E-state index is 0.125. The predicted molar refractivity (Wildman–Crippen MR) is 173 cm³/mol. The van der Waals surface area contributed by atoms with Gasteiger partial charge in [-0.1, -0.05) is 66.7 Å². The maximum Gasteiger partial charge on any atom is 0.151 e. The van der Waals surface area contributed by atoms with E-state index in [4.69, 9.17) is 26.0 Å². The molecule has 2 heterocycles. The van der Waals surface area contributed by atoms with Gasteiger partial charge in [0.05, 0.1) is 34.1 Å². The fourth-order valence-electron chi connectivity index (χ4n) is 5.33. The quantitative estimate of drug-likeness (QED) is 0.148. The zero-order valence-electron chi connectivity index (χ0n) is 23.1. The van der Waals surface area contributed by atoms with Gasteiger partial charge in [0.1, 0.15) is 11.4 Å². The molecule has 0 amide bonds. The van der Waals surface area contributed by atoms with Crippen LogP contribution in [0.2, 0.25) is 0 Å². The molecule has 2 aliphatic heterocycles. The van der Waals surface area contributed by atoms with Gasteiger partial charge in [0, 0.05) is 5.69 Å². The van der Waals surface area contributed by atoms with Crippen LogP contribution in [0.5, 0.6) is 23.0 Å². The Hall–Kier alpha value is -6.08. The molecule has 0 aromatic heterocycles. The van der Waals surface area contributed by atoms with Gasteiger partial charge < -0.3 is 25.0 Å². The molecule has 208 valence electrons. The van der Waals surface area contributed by atoms with Gasteiger partial charge in [0.2, 0.25) is 0 Å². The van der Waals surface area contributed by atoms with Crippen LogP contribution in [0.15, 0.2) is 151 Å². The van der Waals surface area contributed by atoms with E-state index in [0.717, 1.165) is 28.4 Å². The third-order valence-corrected chi connectivity index (χ3v) is 7.31. The molecular formula is C36H27N5O2. The first-order valence-electron chi connectivity index (χ1n) is 13.8. The molecule has 0 fully saturated rings. The summed E-state index contributed by atoms with van der Waals surface area (Å²) >= 11 is 0. The molecule has 0 radical (unpaired) electrons. The van der Waals surface area contributed by atoms with Crippen LogP contribution in [0.4, 0.5) is 28.4 Å². The number of anilines is 5. The van der Waals surface area contributed by atoms with Gasteiger partial charge in [-0.25, -0.2) is 0 Å². The molecule has 5 aromatic rings. The van der Waals surface area contributed by atoms with Crippen LogP contribution >= 0.6 is 0 Å². The highest BCUT2D eigenvalue weighted by Crippen LogP contribution is 2.51. The maximum atomic E-state index is 9.11. The van der Waals surface area contributed by atoms with E-state index in [1.165, 1.54) is 0 Å². The Kier molecular flexibility index (Phi) is 6.45. The number of hydrogen-bond donors (Lipinski definition) is 3. The fraction of sp³-hybridized carbons (Fsp3) is 0. The Bertz CT molecular complexity index is 1730. The number of allylic oxidation sites excluding steroid dienone is 4. The van der Waals surface area contributed by atoms with E-state index in [-0.39, 0.29) is 11.4 Å². The molecule has 5 aromatic carbocycles. The molecule has 0 bridgehead atoms. The highest BCUT2D eigenvalue weighted by Gasteiger charge is 2.35. The summed E-state index contributed by atoms with van der Waals surface area (Å²) in [5.41, 5.74) is 11.0. The molecule has 0 atom stereocenters. The first kappa shape index (κ1) is 25.9. The van der Waals surface area contributed by atoms with Crippen LogP contribution in [0.25, 0.3) is 0 Å². The highest BCUT2D eigenvalue weighted by atomic mass is 16.5. The average Bonchev–Trinajstić information content (AvgIpc) is 3.05. The Morgan fingerprint density at radius 2 is 0.721 bits per heavy atom. The topological polar surface area (TPSA) is 98.7 Å². The molecule has 7 heteroatoms. The van der Waals surface area contributed by atoms with E-state index in [2.05, 4.69) is 0 Å². The number of nitrogens with zero attached hydrogens (tertiary/aromatic N) is 2. The molecule has 0 spiro atoms. The molecule has 0 saturated carbocycles. The Morgan fingerprint density at radius 1 is 0.419 bits per heavy atom. The molecule has 8 rings (SSSR count). The molecular weight excluding hydrogens is 534 g/mol. The SMILES string of the molecule is N=C1C(=N)C(N2c3ccccc3Oc3ccccc32)=CC=C1N1c2ccccc2Oc2ccccc21.Nc1ccccc1. The van der Waals surface area contributed by atoms with Crippen LogP contribution in [-0.2, 0) is 0 Å². The van der Waals surface area contributed by atoms with Crippen LogP contribution in [0.1, 0.15) is 0 Å². The normalized spacial score (nSPS) is 14.3. The summed E-state index contributed by atoms with van der Waals surface area (Å²) in [5, 5.41) is 18.2. The molecule has 0 unspecified atom stereocenters. The second-order valence-electron chi connectivity index (χ2n) is 10.0. The fourth-order valence-corrected chi connectivity index (χ4v) is 5.33. The number of nitrogens with two attached hydrogens (primary N) is 1. The maximum absolute atomic E-state index is 9.11. The lowest BCUT2D eigenvalue weighted by atomic mass is 9.97. The number of hydrogen-bond acceptors (Lipinski definition) is 7. The number of para-hydroxylation sites is 9. The van der Waals surface area contributed by atoms with Gasteiger partial charge in [0.25, 0.3) is 0 Å². The lowest BCUT2D eigenvalue weighted by Crippen LogP contribution is -2.36. The van der Waals surface area contributed by atoms with E-state index in [1.54, 1.807) is 0 Å². The number of benzene rings is 5. The monoisotopic (exact) mass is 561 g/mol. The predicted octanol–water partition coefficient (Wildman–Crippen LogP) is 8.96. The smallest absolute Gasteiger partial charge is 0.151 e. The van der Waals surface area contributed by atoms with Gasteiger partial charge in [0.15, 0.2) is 23.0 Å². The van der Waals surface area contributed by atoms with Crippen molar-refractivity contribution in [3.63, 3.8) is 0 Å². The zero-order valence-corrected chi connectivity index (χ0v) is 23.1. The summed E-state index contributed by atoms with van der Waals surface area (Å²) in [7, 11) is 0. The van der Waals surface area contributed by atoms with Crippen molar-refractivity contribution in [2.24, 2.45) is 0 Å². The van der Waals surface area contributed by atoms with Crippen molar-refractivity contribution in [1.82, 2.24) is 0 Å². The highest BCUT2D eigenvalue weighted by molar-refractivity contribution is 6.53. The number of fused-ring (bicyclic) bond motifs is 4. The Balaban J connectivity index is 0.000000379. The van der Waals surface area contributed by atoms with E-state index in [9.17, 15) is 0 Å². The molecule has 7 nitrogen and oxygen atoms in total. The van der Waals surface area contributed by atoms with Crippen molar-refractivity contribution >= 4 is 39.9 Å². The van der Waals surface area contributed by atoms with Gasteiger partial charge >= 0.3 is 0 Å². The van der Waals surface area contributed by atoms with Gasteiger partial charge in [-0.15, -0.1) is 0 Å². The number of ether oxygens (including phenoxy) is 2. The second kappa shape index (κ2) is 10.7. The minimum absolute atomic E-state index is 0.125. The standard InChI is InChI=1S/C30H20N4O2.C6H7N/c31-29-23(33-19-9-1-5-13-25(19)35-26-14-6-2-10-20(26)33)17-18-24(30(29)32)34-21-11-3-7-15-27(21)36-28-16-8-4-12-22(28)34;7-6-4-2-1-3-5-6/h1-18,31-32H;1-5H,7H2. The summed E-state index contributed by atoms with van der Waals surface area (Å²) in [5.74, 6) is 2.84. The summed E-state index contributed by atoms with van der Waals surface area (Å²) in [6, 6.07) is 40.5.